The van der Waals surface area contributed by atoms with Crippen molar-refractivity contribution in [1.29, 1.82) is 0 Å². The molecule has 33 heavy (non-hydrogen) atoms. The SMILES string of the molecule is CO[C@@H]1OC[C@@H](O[C@@H]2O[C@H](CO)[C@@H](O[C@@H]3O[C@H](CO)[C@H](O)[C@H](O)[C@H]3O)[C@H](O)[C@H]2O)[C@H](O)[C@H]1O. The maximum absolute atomic E-state index is 10.6. The number of aliphatic hydroxyl groups excluding tert-OH is 9. The van der Waals surface area contributed by atoms with E-state index in [1.807, 2.05) is 0 Å². The van der Waals surface area contributed by atoms with E-state index in [2.05, 4.69) is 0 Å². The van der Waals surface area contributed by atoms with Crippen LogP contribution in [0.5, 0.6) is 0 Å². The van der Waals surface area contributed by atoms with Gasteiger partial charge < -0.3 is 74.4 Å². The Morgan fingerprint density at radius 1 is 0.636 bits per heavy atom. The Morgan fingerprint density at radius 3 is 1.79 bits per heavy atom. The standard InChI is InChI=1S/C18H32O15/c1-28-16-12(25)9(22)7(4-29-16)32-17-14(27)11(24)15(6(3-20)31-17)33-18-13(26)10(23)8(21)5(2-19)30-18/h5-27H,2-4H2,1H3/t5-,6-,7-,8+,9+,10+,11-,12-,13-,14-,15-,16-,17+,18+/m1/s1. The van der Waals surface area contributed by atoms with Crippen molar-refractivity contribution in [3.8, 4) is 0 Å². The summed E-state index contributed by atoms with van der Waals surface area (Å²) in [4.78, 5) is 0. The minimum Gasteiger partial charge on any atom is -0.394 e. The van der Waals surface area contributed by atoms with Gasteiger partial charge in [0.2, 0.25) is 0 Å². The van der Waals surface area contributed by atoms with E-state index in [1.54, 1.807) is 0 Å². The zero-order valence-corrected chi connectivity index (χ0v) is 17.7. The monoisotopic (exact) mass is 488 g/mol. The van der Waals surface area contributed by atoms with Gasteiger partial charge in [0.15, 0.2) is 18.9 Å². The van der Waals surface area contributed by atoms with Crippen LogP contribution in [0.25, 0.3) is 0 Å². The van der Waals surface area contributed by atoms with E-state index in [9.17, 15) is 46.0 Å². The summed E-state index contributed by atoms with van der Waals surface area (Å²) in [5, 5.41) is 90.2. The van der Waals surface area contributed by atoms with Crippen molar-refractivity contribution in [2.24, 2.45) is 0 Å². The van der Waals surface area contributed by atoms with Crippen LogP contribution in [0.4, 0.5) is 0 Å². The van der Waals surface area contributed by atoms with E-state index < -0.39 is 99.2 Å². The number of rotatable bonds is 7. The molecule has 0 saturated carbocycles. The molecule has 15 nitrogen and oxygen atoms in total. The molecule has 0 aromatic carbocycles. The first-order valence-electron chi connectivity index (χ1n) is 10.4. The lowest BCUT2D eigenvalue weighted by atomic mass is 9.97. The van der Waals surface area contributed by atoms with Crippen LogP contribution in [0.15, 0.2) is 0 Å². The fraction of sp³-hybridized carbons (Fsp3) is 1.00. The molecule has 0 bridgehead atoms. The van der Waals surface area contributed by atoms with Gasteiger partial charge >= 0.3 is 0 Å². The quantitative estimate of drug-likeness (QED) is 0.162. The van der Waals surface area contributed by atoms with Crippen molar-refractivity contribution in [2.45, 2.75) is 86.0 Å². The van der Waals surface area contributed by atoms with Gasteiger partial charge in [0.1, 0.15) is 67.1 Å². The molecular formula is C18H32O15. The minimum atomic E-state index is -1.79. The van der Waals surface area contributed by atoms with Gasteiger partial charge in [0.25, 0.3) is 0 Å². The number of methoxy groups -OCH3 is 1. The fourth-order valence-electron chi connectivity index (χ4n) is 3.94. The summed E-state index contributed by atoms with van der Waals surface area (Å²) in [6.45, 7) is -1.70. The van der Waals surface area contributed by atoms with Crippen LogP contribution in [0.1, 0.15) is 0 Å². The first kappa shape index (κ1) is 27.0. The second kappa shape index (κ2) is 11.4. The van der Waals surface area contributed by atoms with Crippen molar-refractivity contribution in [2.75, 3.05) is 26.9 Å². The zero-order valence-electron chi connectivity index (χ0n) is 17.7. The van der Waals surface area contributed by atoms with E-state index >= 15 is 0 Å². The Labute approximate surface area is 188 Å². The van der Waals surface area contributed by atoms with E-state index in [4.69, 9.17) is 28.4 Å². The van der Waals surface area contributed by atoms with E-state index in [1.165, 1.54) is 7.11 Å². The van der Waals surface area contributed by atoms with Gasteiger partial charge in [-0.15, -0.1) is 0 Å². The molecule has 0 radical (unpaired) electrons. The summed E-state index contributed by atoms with van der Waals surface area (Å²) >= 11 is 0. The molecule has 0 spiro atoms. The molecule has 3 saturated heterocycles. The van der Waals surface area contributed by atoms with Gasteiger partial charge in [-0.05, 0) is 0 Å². The first-order chi connectivity index (χ1) is 15.6. The Hall–Kier alpha value is -0.600. The highest BCUT2D eigenvalue weighted by Crippen LogP contribution is 2.31. The van der Waals surface area contributed by atoms with Gasteiger partial charge in [-0.2, -0.15) is 0 Å². The molecule has 0 amide bonds. The average molecular weight is 488 g/mol. The average Bonchev–Trinajstić information content (AvgIpc) is 2.81. The molecule has 0 unspecified atom stereocenters. The molecule has 14 atom stereocenters. The lowest BCUT2D eigenvalue weighted by molar-refractivity contribution is -0.372. The lowest BCUT2D eigenvalue weighted by Crippen LogP contribution is -2.65. The lowest BCUT2D eigenvalue weighted by Gasteiger charge is -2.47. The molecule has 3 heterocycles. The molecule has 194 valence electrons. The Morgan fingerprint density at radius 2 is 1.18 bits per heavy atom. The molecular weight excluding hydrogens is 456 g/mol. The largest absolute Gasteiger partial charge is 0.394 e. The first-order valence-corrected chi connectivity index (χ1v) is 10.4. The molecule has 3 fully saturated rings. The second-order valence-electron chi connectivity index (χ2n) is 8.10. The zero-order chi connectivity index (χ0) is 24.4. The van der Waals surface area contributed by atoms with Gasteiger partial charge in [0.05, 0.1) is 19.8 Å². The molecule has 9 N–H and O–H groups in total. The second-order valence-corrected chi connectivity index (χ2v) is 8.10. The fourth-order valence-corrected chi connectivity index (χ4v) is 3.94. The molecule has 15 heteroatoms. The molecule has 3 aliphatic heterocycles. The van der Waals surface area contributed by atoms with Gasteiger partial charge in [0, 0.05) is 7.11 Å². The molecule has 0 aromatic heterocycles. The Balaban J connectivity index is 1.67. The highest BCUT2D eigenvalue weighted by Gasteiger charge is 2.52. The van der Waals surface area contributed by atoms with E-state index in [0.717, 1.165) is 0 Å². The summed E-state index contributed by atoms with van der Waals surface area (Å²) in [5.41, 5.74) is 0. The molecule has 0 aliphatic carbocycles. The highest BCUT2D eigenvalue weighted by molar-refractivity contribution is 4.95. The topological polar surface area (TPSA) is 237 Å². The van der Waals surface area contributed by atoms with Crippen LogP contribution in [-0.4, -0.2) is 159 Å². The third-order valence-electron chi connectivity index (χ3n) is 5.94. The summed E-state index contributed by atoms with van der Waals surface area (Å²) in [6.07, 6.45) is -21.3. The summed E-state index contributed by atoms with van der Waals surface area (Å²) in [6, 6.07) is 0. The molecule has 3 aliphatic rings. The third-order valence-corrected chi connectivity index (χ3v) is 5.94. The van der Waals surface area contributed by atoms with Gasteiger partial charge in [-0.3, -0.25) is 0 Å². The van der Waals surface area contributed by atoms with Crippen molar-refractivity contribution >= 4 is 0 Å². The van der Waals surface area contributed by atoms with Crippen LogP contribution in [0.3, 0.4) is 0 Å². The van der Waals surface area contributed by atoms with E-state index in [0.29, 0.717) is 0 Å². The Bertz CT molecular complexity index is 607. The number of ether oxygens (including phenoxy) is 6. The van der Waals surface area contributed by atoms with E-state index in [-0.39, 0.29) is 6.61 Å². The molecule has 3 rings (SSSR count). The number of hydrogen-bond donors (Lipinski definition) is 9. The van der Waals surface area contributed by atoms with Crippen LogP contribution in [-0.2, 0) is 28.4 Å². The predicted octanol–water partition coefficient (Wildman–Crippen LogP) is -6.28. The van der Waals surface area contributed by atoms with Crippen LogP contribution in [0.2, 0.25) is 0 Å². The van der Waals surface area contributed by atoms with Crippen molar-refractivity contribution in [1.82, 2.24) is 0 Å². The van der Waals surface area contributed by atoms with Crippen LogP contribution < -0.4 is 0 Å². The third kappa shape index (κ3) is 5.48. The number of aliphatic hydroxyl groups is 9. The maximum Gasteiger partial charge on any atom is 0.187 e. The normalized spacial score (nSPS) is 51.5. The van der Waals surface area contributed by atoms with Gasteiger partial charge in [-0.1, -0.05) is 0 Å². The Kier molecular flexibility index (Phi) is 9.35. The van der Waals surface area contributed by atoms with Crippen LogP contribution >= 0.6 is 0 Å². The van der Waals surface area contributed by atoms with Crippen LogP contribution in [0, 0.1) is 0 Å². The van der Waals surface area contributed by atoms with Crippen molar-refractivity contribution in [3.05, 3.63) is 0 Å². The summed E-state index contributed by atoms with van der Waals surface area (Å²) < 4.78 is 31.7. The smallest absolute Gasteiger partial charge is 0.187 e. The number of hydrogen-bond acceptors (Lipinski definition) is 15. The van der Waals surface area contributed by atoms with Crippen molar-refractivity contribution in [3.63, 3.8) is 0 Å². The molecule has 0 aromatic rings. The van der Waals surface area contributed by atoms with Gasteiger partial charge in [-0.25, -0.2) is 0 Å². The maximum atomic E-state index is 10.6. The predicted molar refractivity (Wildman–Crippen MR) is 100 cm³/mol. The summed E-state index contributed by atoms with van der Waals surface area (Å²) in [5.74, 6) is 0. The minimum absolute atomic E-state index is 0.242. The van der Waals surface area contributed by atoms with Crippen molar-refractivity contribution < 1.29 is 74.4 Å². The summed E-state index contributed by atoms with van der Waals surface area (Å²) in [7, 11) is 1.27. The highest BCUT2D eigenvalue weighted by atomic mass is 16.8.